The highest BCUT2D eigenvalue weighted by Crippen LogP contribution is 2.60. The summed E-state index contributed by atoms with van der Waals surface area (Å²) in [5.41, 5.74) is 4.38. The molecule has 0 aromatic carbocycles. The molecule has 2 aromatic heterocycles. The second-order valence-corrected chi connectivity index (χ2v) is 8.27. The molecular formula is C14H19FN5O5P. The number of alkyl halides is 1. The summed E-state index contributed by atoms with van der Waals surface area (Å²) >= 11 is 0. The van der Waals surface area contributed by atoms with Crippen LogP contribution < -0.4 is 5.73 Å². The molecule has 4 rings (SSSR count). The van der Waals surface area contributed by atoms with E-state index in [1.807, 2.05) is 0 Å². The minimum atomic E-state index is -3.87. The lowest BCUT2D eigenvalue weighted by molar-refractivity contribution is -0.0665. The number of nitrogen functional groups attached to an aromatic ring is 1. The molecule has 0 amide bonds. The first kappa shape index (κ1) is 17.7. The number of rotatable bonds is 3. The van der Waals surface area contributed by atoms with Gasteiger partial charge < -0.3 is 10.5 Å². The van der Waals surface area contributed by atoms with Crippen LogP contribution >= 0.6 is 7.82 Å². The zero-order chi connectivity index (χ0) is 18.7. The molecule has 2 aromatic rings. The van der Waals surface area contributed by atoms with E-state index in [0.29, 0.717) is 11.3 Å². The van der Waals surface area contributed by atoms with Crippen LogP contribution in [-0.2, 0) is 22.9 Å². The van der Waals surface area contributed by atoms with Gasteiger partial charge in [0.2, 0.25) is 0 Å². The third-order valence-electron chi connectivity index (χ3n) is 4.32. The fourth-order valence-corrected chi connectivity index (χ4v) is 4.86. The van der Waals surface area contributed by atoms with Crippen molar-refractivity contribution < 1.29 is 27.3 Å². The number of anilines is 1. The van der Waals surface area contributed by atoms with E-state index in [2.05, 4.69) is 15.1 Å². The normalized spacial score (nSPS) is 37.3. The van der Waals surface area contributed by atoms with Gasteiger partial charge in [-0.3, -0.25) is 13.6 Å². The quantitative estimate of drug-likeness (QED) is 0.786. The molecule has 2 aliphatic heterocycles. The van der Waals surface area contributed by atoms with Gasteiger partial charge in [-0.2, -0.15) is 5.10 Å². The van der Waals surface area contributed by atoms with E-state index in [-0.39, 0.29) is 12.4 Å². The topological polar surface area (TPSA) is 123 Å². The van der Waals surface area contributed by atoms with Gasteiger partial charge in [-0.25, -0.2) is 23.4 Å². The molecule has 0 saturated carbocycles. The number of ether oxygens (including phenoxy) is 1. The SMILES string of the molecule is CC(C)OP1(=O)OC[C@H]2O[C@@H](c3cnc4c(N)ncnn34)[C@](C)(F)[C@@H]2O1. The average molecular weight is 387 g/mol. The van der Waals surface area contributed by atoms with Crippen LogP contribution in [0.25, 0.3) is 5.65 Å². The van der Waals surface area contributed by atoms with Crippen molar-refractivity contribution in [1.29, 1.82) is 0 Å². The Hall–Kier alpha value is -1.65. The van der Waals surface area contributed by atoms with Gasteiger partial charge in [-0.05, 0) is 20.8 Å². The Labute approximate surface area is 148 Å². The molecule has 26 heavy (non-hydrogen) atoms. The predicted octanol–water partition coefficient (Wildman–Crippen LogP) is 1.82. The van der Waals surface area contributed by atoms with Crippen molar-refractivity contribution >= 4 is 19.3 Å². The Balaban J connectivity index is 1.68. The zero-order valence-corrected chi connectivity index (χ0v) is 15.3. The number of fused-ring (bicyclic) bond motifs is 2. The lowest BCUT2D eigenvalue weighted by Crippen LogP contribution is -2.44. The molecule has 0 bridgehead atoms. The molecule has 2 fully saturated rings. The first-order valence-electron chi connectivity index (χ1n) is 8.11. The number of aromatic nitrogens is 4. The predicted molar refractivity (Wildman–Crippen MR) is 87.0 cm³/mol. The first-order chi connectivity index (χ1) is 12.2. The molecule has 0 spiro atoms. The van der Waals surface area contributed by atoms with Gasteiger partial charge in [-0.1, -0.05) is 0 Å². The molecule has 12 heteroatoms. The summed E-state index contributed by atoms with van der Waals surface area (Å²) in [6.45, 7) is 4.57. The Morgan fingerprint density at radius 2 is 2.27 bits per heavy atom. The Bertz CT molecular complexity index is 890. The molecule has 1 unspecified atom stereocenters. The summed E-state index contributed by atoms with van der Waals surface area (Å²) in [7, 11) is -3.87. The molecule has 5 atom stereocenters. The summed E-state index contributed by atoms with van der Waals surface area (Å²) in [5, 5.41) is 4.06. The maximum atomic E-state index is 15.7. The number of hydrogen-bond donors (Lipinski definition) is 1. The molecule has 4 heterocycles. The van der Waals surface area contributed by atoms with Gasteiger partial charge in [0.05, 0.1) is 24.6 Å². The van der Waals surface area contributed by atoms with Crippen molar-refractivity contribution in [2.24, 2.45) is 0 Å². The monoisotopic (exact) mass is 387 g/mol. The Morgan fingerprint density at radius 3 is 3.00 bits per heavy atom. The van der Waals surface area contributed by atoms with Crippen LogP contribution in [0.1, 0.15) is 32.6 Å². The van der Waals surface area contributed by atoms with Crippen LogP contribution in [0.5, 0.6) is 0 Å². The van der Waals surface area contributed by atoms with Crippen molar-refractivity contribution in [3.8, 4) is 0 Å². The van der Waals surface area contributed by atoms with Crippen LogP contribution in [0.15, 0.2) is 12.5 Å². The summed E-state index contributed by atoms with van der Waals surface area (Å²) in [5.74, 6) is 0.164. The number of halogens is 1. The van der Waals surface area contributed by atoms with E-state index in [0.717, 1.165) is 0 Å². The highest BCUT2D eigenvalue weighted by atomic mass is 31.2. The zero-order valence-electron chi connectivity index (χ0n) is 14.4. The first-order valence-corrected chi connectivity index (χ1v) is 9.57. The van der Waals surface area contributed by atoms with Crippen molar-refractivity contribution in [3.05, 3.63) is 18.2 Å². The van der Waals surface area contributed by atoms with Crippen LogP contribution in [0.3, 0.4) is 0 Å². The van der Waals surface area contributed by atoms with Crippen LogP contribution in [0.4, 0.5) is 10.2 Å². The van der Waals surface area contributed by atoms with Gasteiger partial charge in [0.25, 0.3) is 0 Å². The number of phosphoric acid groups is 1. The number of imidazole rings is 1. The number of nitrogens with two attached hydrogens (primary N) is 1. The van der Waals surface area contributed by atoms with Gasteiger partial charge >= 0.3 is 7.82 Å². The highest BCUT2D eigenvalue weighted by Gasteiger charge is 2.62. The van der Waals surface area contributed by atoms with Crippen LogP contribution in [0, 0.1) is 0 Å². The summed E-state index contributed by atoms with van der Waals surface area (Å²) in [6, 6.07) is 0. The minimum Gasteiger partial charge on any atom is -0.381 e. The largest absolute Gasteiger partial charge is 0.475 e. The summed E-state index contributed by atoms with van der Waals surface area (Å²) < 4.78 is 51.3. The van der Waals surface area contributed by atoms with E-state index >= 15 is 4.39 Å². The summed E-state index contributed by atoms with van der Waals surface area (Å²) in [4.78, 5) is 7.98. The molecule has 2 saturated heterocycles. The van der Waals surface area contributed by atoms with E-state index in [1.165, 1.54) is 24.0 Å². The highest BCUT2D eigenvalue weighted by molar-refractivity contribution is 7.48. The van der Waals surface area contributed by atoms with Crippen molar-refractivity contribution in [3.63, 3.8) is 0 Å². The maximum absolute atomic E-state index is 15.7. The lowest BCUT2D eigenvalue weighted by Gasteiger charge is -2.34. The fourth-order valence-electron chi connectivity index (χ4n) is 3.23. The molecule has 2 N–H and O–H groups in total. The summed E-state index contributed by atoms with van der Waals surface area (Å²) in [6.07, 6.45) is -0.690. The molecule has 10 nitrogen and oxygen atoms in total. The van der Waals surface area contributed by atoms with Crippen molar-refractivity contribution in [2.75, 3.05) is 12.3 Å². The third-order valence-corrected chi connectivity index (χ3v) is 5.95. The Morgan fingerprint density at radius 1 is 1.50 bits per heavy atom. The van der Waals surface area contributed by atoms with Crippen LogP contribution in [0.2, 0.25) is 0 Å². The molecular weight excluding hydrogens is 368 g/mol. The number of nitrogens with zero attached hydrogens (tertiary/aromatic N) is 4. The minimum absolute atomic E-state index is 0.113. The van der Waals surface area contributed by atoms with Gasteiger partial charge in [0, 0.05) is 0 Å². The van der Waals surface area contributed by atoms with Gasteiger partial charge in [0.1, 0.15) is 24.6 Å². The van der Waals surface area contributed by atoms with E-state index in [1.54, 1.807) is 13.8 Å². The molecule has 0 aliphatic carbocycles. The van der Waals surface area contributed by atoms with E-state index < -0.39 is 37.9 Å². The Kier molecular flexibility index (Phi) is 4.05. The number of phosphoric ester groups is 1. The maximum Gasteiger partial charge on any atom is 0.475 e. The van der Waals surface area contributed by atoms with Crippen molar-refractivity contribution in [2.45, 2.75) is 50.9 Å². The molecule has 142 valence electrons. The molecule has 0 radical (unpaired) electrons. The van der Waals surface area contributed by atoms with Gasteiger partial charge in [0.15, 0.2) is 17.1 Å². The van der Waals surface area contributed by atoms with E-state index in [4.69, 9.17) is 24.0 Å². The van der Waals surface area contributed by atoms with E-state index in [9.17, 15) is 4.57 Å². The average Bonchev–Trinajstić information content (AvgIpc) is 3.07. The lowest BCUT2D eigenvalue weighted by atomic mass is 9.93. The third kappa shape index (κ3) is 2.71. The molecule has 2 aliphatic rings. The second-order valence-electron chi connectivity index (χ2n) is 6.69. The van der Waals surface area contributed by atoms with Crippen molar-refractivity contribution in [1.82, 2.24) is 19.6 Å². The fraction of sp³-hybridized carbons (Fsp3) is 0.643. The number of hydrogen-bond acceptors (Lipinski definition) is 9. The smallest absolute Gasteiger partial charge is 0.381 e. The standard InChI is InChI=1S/C14H19FN5O5P/c1-7(2)24-26(21)22-5-9-11(25-26)14(3,15)10(23-9)8-4-17-13-12(16)18-6-19-20(8)13/h4,6-7,9-11H,5H2,1-3H3,(H2,16,18,19)/t9-,10+,11-,14+,26?/m1/s1. The van der Waals surface area contributed by atoms with Gasteiger partial charge in [-0.15, -0.1) is 0 Å². The second kappa shape index (κ2) is 5.93. The van der Waals surface area contributed by atoms with Crippen LogP contribution in [-0.4, -0.2) is 50.2 Å².